The first-order valence-corrected chi connectivity index (χ1v) is 7.49. The molecule has 1 rings (SSSR count). The van der Waals surface area contributed by atoms with Gasteiger partial charge in [-0.2, -0.15) is 0 Å². The Morgan fingerprint density at radius 3 is 2.24 bits per heavy atom. The van der Waals surface area contributed by atoms with Gasteiger partial charge in [-0.1, -0.05) is 23.8 Å². The molecule has 17 heavy (non-hydrogen) atoms. The molecule has 0 amide bonds. The van der Waals surface area contributed by atoms with Crippen LogP contribution in [0.4, 0.5) is 0 Å². The van der Waals surface area contributed by atoms with E-state index in [0.29, 0.717) is 0 Å². The molecule has 0 aliphatic heterocycles. The van der Waals surface area contributed by atoms with Crippen molar-refractivity contribution in [3.05, 3.63) is 34.9 Å². The van der Waals surface area contributed by atoms with Gasteiger partial charge in [0, 0.05) is 12.3 Å². The molecule has 0 saturated carbocycles. The zero-order valence-electron chi connectivity index (χ0n) is 11.1. The van der Waals surface area contributed by atoms with Crippen molar-refractivity contribution in [3.63, 3.8) is 0 Å². The van der Waals surface area contributed by atoms with E-state index in [-0.39, 0.29) is 0 Å². The van der Waals surface area contributed by atoms with Crippen LogP contribution in [0.5, 0.6) is 0 Å². The lowest BCUT2D eigenvalue weighted by Crippen LogP contribution is -2.42. The Kier molecular flexibility index (Phi) is 3.69. The van der Waals surface area contributed by atoms with Gasteiger partial charge in [-0.25, -0.2) is 8.42 Å². The second kappa shape index (κ2) is 4.42. The SMILES string of the molecule is Cc1ccc(C)c(C(N)C(C)(C)S(C)(=O)=O)c1. The molecule has 96 valence electrons. The minimum atomic E-state index is -3.20. The quantitative estimate of drug-likeness (QED) is 0.900. The molecule has 0 radical (unpaired) electrons. The van der Waals surface area contributed by atoms with Crippen molar-refractivity contribution in [2.45, 2.75) is 38.5 Å². The Hall–Kier alpha value is -0.870. The van der Waals surface area contributed by atoms with Gasteiger partial charge in [0.1, 0.15) is 0 Å². The van der Waals surface area contributed by atoms with Gasteiger partial charge < -0.3 is 5.73 Å². The van der Waals surface area contributed by atoms with Crippen LogP contribution in [0.3, 0.4) is 0 Å². The molecular weight excluding hydrogens is 234 g/mol. The first-order chi connectivity index (χ1) is 7.57. The van der Waals surface area contributed by atoms with E-state index in [0.717, 1.165) is 16.7 Å². The van der Waals surface area contributed by atoms with Crippen LogP contribution in [0.1, 0.15) is 36.6 Å². The third kappa shape index (κ3) is 2.69. The molecular formula is C13H21NO2S. The highest BCUT2D eigenvalue weighted by Crippen LogP contribution is 2.32. The standard InChI is InChI=1S/C13H21NO2S/c1-9-6-7-10(2)11(8-9)12(14)13(3,4)17(5,15)16/h6-8,12H,14H2,1-5H3. The summed E-state index contributed by atoms with van der Waals surface area (Å²) in [5.41, 5.74) is 9.17. The predicted octanol–water partition coefficient (Wildman–Crippen LogP) is 2.13. The number of hydrogen-bond acceptors (Lipinski definition) is 3. The van der Waals surface area contributed by atoms with Gasteiger partial charge in [0.25, 0.3) is 0 Å². The maximum absolute atomic E-state index is 11.8. The normalized spacial score (nSPS) is 14.7. The molecule has 1 aromatic rings. The molecule has 0 aromatic heterocycles. The first-order valence-electron chi connectivity index (χ1n) is 5.59. The highest BCUT2D eigenvalue weighted by molar-refractivity contribution is 7.92. The van der Waals surface area contributed by atoms with Crippen LogP contribution in [0, 0.1) is 13.8 Å². The fourth-order valence-electron chi connectivity index (χ4n) is 1.70. The molecule has 0 fully saturated rings. The summed E-state index contributed by atoms with van der Waals surface area (Å²) in [6.07, 6.45) is 1.23. The predicted molar refractivity (Wildman–Crippen MR) is 71.8 cm³/mol. The Bertz CT molecular complexity index is 518. The molecule has 1 unspecified atom stereocenters. The molecule has 0 bridgehead atoms. The summed E-state index contributed by atoms with van der Waals surface area (Å²) in [7, 11) is -3.20. The summed E-state index contributed by atoms with van der Waals surface area (Å²) >= 11 is 0. The van der Waals surface area contributed by atoms with Crippen LogP contribution in [-0.2, 0) is 9.84 Å². The molecule has 3 nitrogen and oxygen atoms in total. The van der Waals surface area contributed by atoms with Gasteiger partial charge in [0.05, 0.1) is 4.75 Å². The largest absolute Gasteiger partial charge is 0.323 e. The summed E-state index contributed by atoms with van der Waals surface area (Å²) in [5, 5.41) is 0. The van der Waals surface area contributed by atoms with E-state index in [1.165, 1.54) is 6.26 Å². The minimum absolute atomic E-state index is 0.516. The molecule has 0 aliphatic rings. The Balaban J connectivity index is 3.30. The summed E-state index contributed by atoms with van der Waals surface area (Å²) in [6.45, 7) is 7.28. The van der Waals surface area contributed by atoms with Gasteiger partial charge in [-0.3, -0.25) is 0 Å². The molecule has 1 aromatic carbocycles. The van der Waals surface area contributed by atoms with Crippen molar-refractivity contribution in [1.29, 1.82) is 0 Å². The van der Waals surface area contributed by atoms with Crippen molar-refractivity contribution in [2.24, 2.45) is 5.73 Å². The number of benzene rings is 1. The first kappa shape index (κ1) is 14.2. The third-order valence-electron chi connectivity index (χ3n) is 3.47. The van der Waals surface area contributed by atoms with E-state index in [9.17, 15) is 8.42 Å². The third-order valence-corrected chi connectivity index (χ3v) is 5.64. The second-order valence-electron chi connectivity index (χ2n) is 5.21. The maximum atomic E-state index is 11.8. The van der Waals surface area contributed by atoms with E-state index >= 15 is 0 Å². The number of aryl methyl sites for hydroxylation is 2. The smallest absolute Gasteiger partial charge is 0.154 e. The zero-order valence-corrected chi connectivity index (χ0v) is 11.9. The van der Waals surface area contributed by atoms with Gasteiger partial charge in [-0.05, 0) is 38.8 Å². The second-order valence-corrected chi connectivity index (χ2v) is 7.81. The highest BCUT2D eigenvalue weighted by Gasteiger charge is 2.38. The van der Waals surface area contributed by atoms with Gasteiger partial charge >= 0.3 is 0 Å². The fourth-order valence-corrected chi connectivity index (χ4v) is 2.29. The van der Waals surface area contributed by atoms with E-state index in [2.05, 4.69) is 0 Å². The van der Waals surface area contributed by atoms with E-state index in [1.54, 1.807) is 13.8 Å². The van der Waals surface area contributed by atoms with Gasteiger partial charge in [0.2, 0.25) is 0 Å². The van der Waals surface area contributed by atoms with E-state index in [4.69, 9.17) is 5.73 Å². The van der Waals surface area contributed by atoms with Crippen molar-refractivity contribution >= 4 is 9.84 Å². The Morgan fingerprint density at radius 2 is 1.76 bits per heavy atom. The number of nitrogens with two attached hydrogens (primary N) is 1. The van der Waals surface area contributed by atoms with Crippen LogP contribution >= 0.6 is 0 Å². The van der Waals surface area contributed by atoms with Crippen LogP contribution < -0.4 is 5.73 Å². The van der Waals surface area contributed by atoms with Crippen LogP contribution in [0.25, 0.3) is 0 Å². The van der Waals surface area contributed by atoms with Crippen molar-refractivity contribution in [3.8, 4) is 0 Å². The fraction of sp³-hybridized carbons (Fsp3) is 0.538. The average Bonchev–Trinajstić information content (AvgIpc) is 2.19. The summed E-state index contributed by atoms with van der Waals surface area (Å²) < 4.78 is 22.6. The molecule has 4 heteroatoms. The summed E-state index contributed by atoms with van der Waals surface area (Å²) in [4.78, 5) is 0. The lowest BCUT2D eigenvalue weighted by molar-refractivity contribution is 0.495. The Morgan fingerprint density at radius 1 is 1.24 bits per heavy atom. The lowest BCUT2D eigenvalue weighted by Gasteiger charge is -2.31. The summed E-state index contributed by atoms with van der Waals surface area (Å²) in [6, 6.07) is 5.42. The minimum Gasteiger partial charge on any atom is -0.323 e. The van der Waals surface area contributed by atoms with Gasteiger partial charge in [-0.15, -0.1) is 0 Å². The number of sulfone groups is 1. The van der Waals surface area contributed by atoms with Crippen molar-refractivity contribution in [2.75, 3.05) is 6.26 Å². The van der Waals surface area contributed by atoms with E-state index < -0.39 is 20.6 Å². The lowest BCUT2D eigenvalue weighted by atomic mass is 9.91. The topological polar surface area (TPSA) is 60.2 Å². The van der Waals surface area contributed by atoms with Crippen molar-refractivity contribution in [1.82, 2.24) is 0 Å². The number of hydrogen-bond donors (Lipinski definition) is 1. The van der Waals surface area contributed by atoms with Crippen LogP contribution in [0.15, 0.2) is 18.2 Å². The highest BCUT2D eigenvalue weighted by atomic mass is 32.2. The number of rotatable bonds is 3. The molecule has 1 atom stereocenters. The van der Waals surface area contributed by atoms with E-state index in [1.807, 2.05) is 32.0 Å². The summed E-state index contributed by atoms with van der Waals surface area (Å²) in [5.74, 6) is 0. The molecule has 0 heterocycles. The van der Waals surface area contributed by atoms with Crippen LogP contribution in [0.2, 0.25) is 0 Å². The molecule has 0 saturated heterocycles. The zero-order chi connectivity index (χ0) is 13.4. The molecule has 0 spiro atoms. The monoisotopic (exact) mass is 255 g/mol. The maximum Gasteiger partial charge on any atom is 0.154 e. The average molecular weight is 255 g/mol. The molecule has 0 aliphatic carbocycles. The van der Waals surface area contributed by atoms with Gasteiger partial charge in [0.15, 0.2) is 9.84 Å². The van der Waals surface area contributed by atoms with Crippen molar-refractivity contribution < 1.29 is 8.42 Å². The molecule has 2 N–H and O–H groups in total. The Labute approximate surface area is 104 Å². The van der Waals surface area contributed by atoms with Crippen LogP contribution in [-0.4, -0.2) is 19.4 Å².